The van der Waals surface area contributed by atoms with Crippen LogP contribution >= 0.6 is 0 Å². The summed E-state index contributed by atoms with van der Waals surface area (Å²) in [6, 6.07) is 32.3. The van der Waals surface area contributed by atoms with E-state index in [1.165, 1.54) is 0 Å². The van der Waals surface area contributed by atoms with Gasteiger partial charge in [-0.15, -0.1) is 0 Å². The molecule has 3 nitrogen and oxygen atoms in total. The minimum absolute atomic E-state index is 0.0281. The van der Waals surface area contributed by atoms with E-state index in [9.17, 15) is 4.79 Å². The molecule has 29 heavy (non-hydrogen) atoms. The molecule has 0 radical (unpaired) electrons. The van der Waals surface area contributed by atoms with Crippen LogP contribution in [0.15, 0.2) is 102 Å². The van der Waals surface area contributed by atoms with Crippen LogP contribution in [0.1, 0.15) is 0 Å². The van der Waals surface area contributed by atoms with Crippen molar-refractivity contribution in [2.45, 2.75) is 0 Å². The molecular formula is C26H16N2O. The van der Waals surface area contributed by atoms with Crippen LogP contribution in [0.5, 0.6) is 0 Å². The normalized spacial score (nSPS) is 11.6. The van der Waals surface area contributed by atoms with E-state index < -0.39 is 0 Å². The van der Waals surface area contributed by atoms with Gasteiger partial charge in [-0.2, -0.15) is 0 Å². The Balaban J connectivity index is 1.76. The fraction of sp³-hybridized carbons (Fsp3) is 0. The number of imidazole rings is 1. The van der Waals surface area contributed by atoms with E-state index >= 15 is 0 Å². The molecule has 0 N–H and O–H groups in total. The molecular weight excluding hydrogens is 356 g/mol. The van der Waals surface area contributed by atoms with Crippen LogP contribution in [0.3, 0.4) is 0 Å². The Labute approximate surface area is 166 Å². The highest BCUT2D eigenvalue weighted by Crippen LogP contribution is 2.32. The summed E-state index contributed by atoms with van der Waals surface area (Å²) in [4.78, 5) is 18.3. The van der Waals surface area contributed by atoms with E-state index in [1.807, 2.05) is 72.8 Å². The largest absolute Gasteiger partial charge is 0.268 e. The highest BCUT2D eigenvalue weighted by molar-refractivity contribution is 6.12. The second-order valence-electron chi connectivity index (χ2n) is 7.24. The first-order valence-corrected chi connectivity index (χ1v) is 9.63. The van der Waals surface area contributed by atoms with Crippen molar-refractivity contribution < 1.29 is 0 Å². The number of hydrogen-bond acceptors (Lipinski definition) is 2. The standard InChI is InChI=1S/C26H16N2O/c29-26-21-15-14-19(17-8-3-1-4-9-17)16-22(21)20-12-7-13-23-24(20)28(26)25(27-23)18-10-5-2-6-11-18/h1-16H. The molecule has 3 heteroatoms. The highest BCUT2D eigenvalue weighted by atomic mass is 16.1. The third-order valence-corrected chi connectivity index (χ3v) is 5.56. The first-order valence-electron chi connectivity index (χ1n) is 9.63. The number of nitrogens with zero attached hydrogens (tertiary/aromatic N) is 2. The van der Waals surface area contributed by atoms with Crippen molar-refractivity contribution in [3.63, 3.8) is 0 Å². The first-order chi connectivity index (χ1) is 14.3. The van der Waals surface area contributed by atoms with Gasteiger partial charge in [-0.3, -0.25) is 9.20 Å². The second kappa shape index (κ2) is 6.01. The van der Waals surface area contributed by atoms with Crippen molar-refractivity contribution in [2.24, 2.45) is 0 Å². The molecule has 0 aliphatic heterocycles. The summed E-state index contributed by atoms with van der Waals surface area (Å²) in [5.41, 5.74) is 4.87. The van der Waals surface area contributed by atoms with Crippen LogP contribution in [-0.2, 0) is 0 Å². The topological polar surface area (TPSA) is 34.4 Å². The zero-order valence-electron chi connectivity index (χ0n) is 15.5. The quantitative estimate of drug-likeness (QED) is 0.362. The lowest BCUT2D eigenvalue weighted by atomic mass is 9.99. The van der Waals surface area contributed by atoms with Gasteiger partial charge >= 0.3 is 0 Å². The van der Waals surface area contributed by atoms with Crippen LogP contribution in [0, 0.1) is 0 Å². The smallest absolute Gasteiger partial charge is 0.264 e. The molecule has 0 saturated heterocycles. The zero-order chi connectivity index (χ0) is 19.4. The Kier molecular flexibility index (Phi) is 3.32. The van der Waals surface area contributed by atoms with E-state index in [0.29, 0.717) is 11.2 Å². The van der Waals surface area contributed by atoms with Crippen LogP contribution < -0.4 is 5.56 Å². The average Bonchev–Trinajstić information content (AvgIpc) is 3.19. The SMILES string of the molecule is O=c1c2ccc(-c3ccccc3)cc2c2cccc3nc(-c4ccccc4)n1c32. The molecule has 0 saturated carbocycles. The highest BCUT2D eigenvalue weighted by Gasteiger charge is 2.18. The van der Waals surface area contributed by atoms with Crippen molar-refractivity contribution in [3.8, 4) is 22.5 Å². The molecule has 2 heterocycles. The molecule has 136 valence electrons. The van der Waals surface area contributed by atoms with Crippen molar-refractivity contribution in [3.05, 3.63) is 107 Å². The number of aromatic nitrogens is 2. The van der Waals surface area contributed by atoms with Crippen molar-refractivity contribution in [2.75, 3.05) is 0 Å². The number of benzene rings is 4. The predicted octanol–water partition coefficient (Wildman–Crippen LogP) is 5.77. The summed E-state index contributed by atoms with van der Waals surface area (Å²) in [6.07, 6.45) is 0. The van der Waals surface area contributed by atoms with E-state index in [-0.39, 0.29) is 5.56 Å². The molecule has 0 fully saturated rings. The molecule has 0 amide bonds. The van der Waals surface area contributed by atoms with Gasteiger partial charge in [0.25, 0.3) is 5.56 Å². The van der Waals surface area contributed by atoms with E-state index in [4.69, 9.17) is 4.98 Å². The van der Waals surface area contributed by atoms with Gasteiger partial charge in [-0.05, 0) is 34.7 Å². The molecule has 0 spiro atoms. The number of para-hydroxylation sites is 1. The van der Waals surface area contributed by atoms with E-state index in [0.717, 1.165) is 38.5 Å². The van der Waals surface area contributed by atoms with Crippen LogP contribution in [-0.4, -0.2) is 9.38 Å². The van der Waals surface area contributed by atoms with Crippen molar-refractivity contribution >= 4 is 27.2 Å². The number of pyridine rings is 1. The third kappa shape index (κ3) is 2.31. The minimum Gasteiger partial charge on any atom is -0.268 e. The maximum absolute atomic E-state index is 13.5. The Bertz CT molecular complexity index is 1550. The van der Waals surface area contributed by atoms with Gasteiger partial charge in [0.2, 0.25) is 0 Å². The molecule has 6 rings (SSSR count). The molecule has 4 aromatic carbocycles. The Morgan fingerprint density at radius 2 is 1.31 bits per heavy atom. The maximum atomic E-state index is 13.5. The molecule has 0 unspecified atom stereocenters. The lowest BCUT2D eigenvalue weighted by Gasteiger charge is -2.09. The number of rotatable bonds is 2. The Hall–Kier alpha value is -3.98. The molecule has 0 aliphatic carbocycles. The van der Waals surface area contributed by atoms with E-state index in [2.05, 4.69) is 24.3 Å². The van der Waals surface area contributed by atoms with Crippen LogP contribution in [0.4, 0.5) is 0 Å². The second-order valence-corrected chi connectivity index (χ2v) is 7.24. The first kappa shape index (κ1) is 16.0. The van der Waals surface area contributed by atoms with Gasteiger partial charge in [0.05, 0.1) is 11.0 Å². The third-order valence-electron chi connectivity index (χ3n) is 5.56. The summed E-state index contributed by atoms with van der Waals surface area (Å²) in [7, 11) is 0. The van der Waals surface area contributed by atoms with Crippen LogP contribution in [0.2, 0.25) is 0 Å². The molecule has 0 bridgehead atoms. The van der Waals surface area contributed by atoms with Gasteiger partial charge in [0.1, 0.15) is 5.82 Å². The lowest BCUT2D eigenvalue weighted by molar-refractivity contribution is 1.13. The lowest BCUT2D eigenvalue weighted by Crippen LogP contribution is -2.14. The molecule has 0 aliphatic rings. The summed E-state index contributed by atoms with van der Waals surface area (Å²) in [5.74, 6) is 0.691. The van der Waals surface area contributed by atoms with E-state index in [1.54, 1.807) is 4.40 Å². The fourth-order valence-corrected chi connectivity index (χ4v) is 4.21. The van der Waals surface area contributed by atoms with Gasteiger partial charge in [-0.1, -0.05) is 78.9 Å². The predicted molar refractivity (Wildman–Crippen MR) is 119 cm³/mol. The van der Waals surface area contributed by atoms with Gasteiger partial charge in [0, 0.05) is 16.3 Å². The zero-order valence-corrected chi connectivity index (χ0v) is 15.5. The summed E-state index contributed by atoms with van der Waals surface area (Å²) in [5, 5.41) is 2.72. The summed E-state index contributed by atoms with van der Waals surface area (Å²) >= 11 is 0. The summed E-state index contributed by atoms with van der Waals surface area (Å²) < 4.78 is 1.77. The van der Waals surface area contributed by atoms with Gasteiger partial charge in [0.15, 0.2) is 0 Å². The Morgan fingerprint density at radius 3 is 2.07 bits per heavy atom. The van der Waals surface area contributed by atoms with Crippen molar-refractivity contribution in [1.29, 1.82) is 0 Å². The number of hydrogen-bond donors (Lipinski definition) is 0. The van der Waals surface area contributed by atoms with Gasteiger partial charge < -0.3 is 0 Å². The Morgan fingerprint density at radius 1 is 0.586 bits per heavy atom. The monoisotopic (exact) mass is 372 g/mol. The average molecular weight is 372 g/mol. The maximum Gasteiger partial charge on any atom is 0.264 e. The number of fused-ring (bicyclic) bond motifs is 2. The molecule has 2 aromatic heterocycles. The summed E-state index contributed by atoms with van der Waals surface area (Å²) in [6.45, 7) is 0. The molecule has 6 aromatic rings. The molecule has 0 atom stereocenters. The van der Waals surface area contributed by atoms with Crippen molar-refractivity contribution in [1.82, 2.24) is 9.38 Å². The van der Waals surface area contributed by atoms with Gasteiger partial charge in [-0.25, -0.2) is 4.98 Å². The fourth-order valence-electron chi connectivity index (χ4n) is 4.21. The van der Waals surface area contributed by atoms with Crippen LogP contribution in [0.25, 0.3) is 49.7 Å². The minimum atomic E-state index is -0.0281.